The Morgan fingerprint density at radius 1 is 0.882 bits per heavy atom. The maximum atomic E-state index is 12.8. The summed E-state index contributed by atoms with van der Waals surface area (Å²) in [4.78, 5) is 32.1. The molecule has 5 rings (SSSR count). The first-order valence-corrected chi connectivity index (χ1v) is 13.0. The lowest BCUT2D eigenvalue weighted by molar-refractivity contribution is 0.0462. The number of benzene rings is 2. The van der Waals surface area contributed by atoms with Crippen molar-refractivity contribution in [2.24, 2.45) is 5.41 Å². The van der Waals surface area contributed by atoms with E-state index in [0.29, 0.717) is 21.2 Å². The van der Waals surface area contributed by atoms with E-state index in [2.05, 4.69) is 16.7 Å². The Bertz CT molecular complexity index is 1050. The van der Waals surface area contributed by atoms with Crippen molar-refractivity contribution in [2.75, 3.05) is 37.6 Å². The maximum absolute atomic E-state index is 12.8. The summed E-state index contributed by atoms with van der Waals surface area (Å²) in [5.74, 6) is -0.237. The molecular weight excluding hydrogens is 469 g/mol. The van der Waals surface area contributed by atoms with Crippen molar-refractivity contribution in [3.63, 3.8) is 0 Å². The van der Waals surface area contributed by atoms with Gasteiger partial charge in [0.2, 0.25) is 0 Å². The van der Waals surface area contributed by atoms with Gasteiger partial charge in [-0.2, -0.15) is 0 Å². The molecule has 5 nitrogen and oxygen atoms in total. The van der Waals surface area contributed by atoms with Crippen LogP contribution in [-0.4, -0.2) is 60.4 Å². The first-order valence-electron chi connectivity index (χ1n) is 12.2. The van der Waals surface area contributed by atoms with Crippen molar-refractivity contribution < 1.29 is 9.59 Å². The van der Waals surface area contributed by atoms with Crippen molar-refractivity contribution in [2.45, 2.75) is 45.1 Å². The summed E-state index contributed by atoms with van der Waals surface area (Å²) in [5, 5.41) is 1.24. The van der Waals surface area contributed by atoms with Crippen molar-refractivity contribution in [3.05, 3.63) is 63.6 Å². The quantitative estimate of drug-likeness (QED) is 0.491. The number of halogens is 2. The van der Waals surface area contributed by atoms with Crippen LogP contribution in [-0.2, 0) is 0 Å². The average Bonchev–Trinajstić information content (AvgIpc) is 3.11. The van der Waals surface area contributed by atoms with E-state index in [0.717, 1.165) is 70.5 Å². The number of fused-ring (bicyclic) bond motifs is 1. The molecule has 7 heteroatoms. The van der Waals surface area contributed by atoms with Crippen LogP contribution in [0.2, 0.25) is 10.0 Å². The highest BCUT2D eigenvalue weighted by Gasteiger charge is 2.42. The molecule has 1 saturated carbocycles. The van der Waals surface area contributed by atoms with E-state index in [-0.39, 0.29) is 23.3 Å². The molecule has 0 N–H and O–H groups in total. The van der Waals surface area contributed by atoms with Gasteiger partial charge in [-0.25, -0.2) is 0 Å². The molecule has 3 aliphatic rings. The lowest BCUT2D eigenvalue weighted by atomic mass is 9.71. The molecular formula is C27H31Cl2N3O2. The molecule has 0 aromatic heterocycles. The Morgan fingerprint density at radius 2 is 1.50 bits per heavy atom. The first kappa shape index (κ1) is 23.7. The number of amides is 2. The van der Waals surface area contributed by atoms with E-state index in [1.54, 1.807) is 12.1 Å². The minimum absolute atomic E-state index is 0.0199. The predicted octanol–water partition coefficient (Wildman–Crippen LogP) is 5.75. The van der Waals surface area contributed by atoms with Crippen LogP contribution in [0.5, 0.6) is 0 Å². The molecule has 0 bridgehead atoms. The number of carbonyl (C=O) groups is 2. The fraction of sp³-hybridized carbons (Fsp3) is 0.481. The molecule has 0 unspecified atom stereocenters. The molecule has 2 aromatic rings. The summed E-state index contributed by atoms with van der Waals surface area (Å²) >= 11 is 12.6. The summed E-state index contributed by atoms with van der Waals surface area (Å²) in [5.41, 5.74) is 2.38. The third-order valence-corrected chi connectivity index (χ3v) is 8.84. The number of nitrogens with zero attached hydrogens (tertiary/aromatic N) is 3. The highest BCUT2D eigenvalue weighted by atomic mass is 35.5. The van der Waals surface area contributed by atoms with Gasteiger partial charge in [-0.15, -0.1) is 0 Å². The van der Waals surface area contributed by atoms with Gasteiger partial charge in [0.1, 0.15) is 0 Å². The second-order valence-corrected chi connectivity index (χ2v) is 11.0. The number of hydrogen-bond donors (Lipinski definition) is 0. The third kappa shape index (κ3) is 4.46. The first-order chi connectivity index (χ1) is 16.4. The van der Waals surface area contributed by atoms with E-state index in [1.807, 2.05) is 30.3 Å². The van der Waals surface area contributed by atoms with Crippen LogP contribution in [0.1, 0.15) is 59.7 Å². The molecule has 2 aromatic carbocycles. The minimum Gasteiger partial charge on any atom is -0.368 e. The highest BCUT2D eigenvalue weighted by Crippen LogP contribution is 2.42. The normalized spacial score (nSPS) is 25.7. The molecule has 2 aliphatic heterocycles. The van der Waals surface area contributed by atoms with Crippen LogP contribution in [0.15, 0.2) is 42.5 Å². The van der Waals surface area contributed by atoms with E-state index < -0.39 is 0 Å². The maximum Gasteiger partial charge on any atom is 0.261 e. The predicted molar refractivity (Wildman–Crippen MR) is 137 cm³/mol. The van der Waals surface area contributed by atoms with Crippen LogP contribution >= 0.6 is 23.2 Å². The Balaban J connectivity index is 1.11. The third-order valence-electron chi connectivity index (χ3n) is 8.03. The van der Waals surface area contributed by atoms with E-state index in [9.17, 15) is 9.59 Å². The lowest BCUT2D eigenvalue weighted by Crippen LogP contribution is -2.48. The second-order valence-electron chi connectivity index (χ2n) is 10.2. The lowest BCUT2D eigenvalue weighted by Gasteiger charge is -2.42. The van der Waals surface area contributed by atoms with Crippen molar-refractivity contribution >= 4 is 40.7 Å². The van der Waals surface area contributed by atoms with E-state index in [4.69, 9.17) is 23.2 Å². The van der Waals surface area contributed by atoms with Gasteiger partial charge in [-0.05, 0) is 68.3 Å². The average molecular weight is 500 g/mol. The molecule has 34 heavy (non-hydrogen) atoms. The van der Waals surface area contributed by atoms with Gasteiger partial charge in [0.05, 0.1) is 26.9 Å². The Morgan fingerprint density at radius 3 is 2.12 bits per heavy atom. The zero-order valence-corrected chi connectivity index (χ0v) is 21.1. The van der Waals surface area contributed by atoms with Crippen LogP contribution in [0, 0.1) is 5.41 Å². The fourth-order valence-corrected chi connectivity index (χ4v) is 6.14. The van der Waals surface area contributed by atoms with Gasteiger partial charge in [-0.1, -0.05) is 48.3 Å². The van der Waals surface area contributed by atoms with Crippen LogP contribution in [0.3, 0.4) is 0 Å². The summed E-state index contributed by atoms with van der Waals surface area (Å²) in [7, 11) is 0. The Hall–Kier alpha value is -2.08. The molecule has 2 heterocycles. The van der Waals surface area contributed by atoms with Crippen molar-refractivity contribution in [1.82, 2.24) is 9.80 Å². The molecule has 0 radical (unpaired) electrons. The van der Waals surface area contributed by atoms with Gasteiger partial charge in [0.15, 0.2) is 0 Å². The topological polar surface area (TPSA) is 43.9 Å². The van der Waals surface area contributed by atoms with Crippen LogP contribution in [0.25, 0.3) is 0 Å². The van der Waals surface area contributed by atoms with Crippen molar-refractivity contribution in [1.29, 1.82) is 0 Å². The van der Waals surface area contributed by atoms with E-state index >= 15 is 0 Å². The molecule has 2 fully saturated rings. The Kier molecular flexibility index (Phi) is 6.62. The summed E-state index contributed by atoms with van der Waals surface area (Å²) < 4.78 is 0. The van der Waals surface area contributed by atoms with Gasteiger partial charge in [-0.3, -0.25) is 19.4 Å². The number of anilines is 1. The number of carbonyl (C=O) groups excluding carboxylic acids is 2. The van der Waals surface area contributed by atoms with Crippen molar-refractivity contribution in [3.8, 4) is 0 Å². The zero-order chi connectivity index (χ0) is 23.9. The van der Waals surface area contributed by atoms with E-state index in [1.165, 1.54) is 4.90 Å². The monoisotopic (exact) mass is 499 g/mol. The molecule has 0 spiro atoms. The number of imide groups is 1. The molecule has 0 atom stereocenters. The van der Waals surface area contributed by atoms with Gasteiger partial charge < -0.3 is 4.90 Å². The molecule has 1 aliphatic carbocycles. The number of hydrogen-bond acceptors (Lipinski definition) is 4. The van der Waals surface area contributed by atoms with Crippen LogP contribution < -0.4 is 4.90 Å². The Labute approximate surface area is 211 Å². The minimum atomic E-state index is -0.119. The van der Waals surface area contributed by atoms with Crippen LogP contribution in [0.4, 0.5) is 5.69 Å². The fourth-order valence-electron chi connectivity index (χ4n) is 5.72. The molecule has 2 amide bonds. The summed E-state index contributed by atoms with van der Waals surface area (Å²) in [6, 6.07) is 13.0. The number of piperazine rings is 1. The summed E-state index contributed by atoms with van der Waals surface area (Å²) in [6.45, 7) is 7.35. The number of rotatable bonds is 5. The highest BCUT2D eigenvalue weighted by molar-refractivity contribution is 6.43. The smallest absolute Gasteiger partial charge is 0.261 e. The zero-order valence-electron chi connectivity index (χ0n) is 19.6. The van der Waals surface area contributed by atoms with Gasteiger partial charge in [0.25, 0.3) is 11.8 Å². The standard InChI is InChI=1S/C27H31Cl2N3O2/c1-27(13-14-30-15-17-31(18-16-30)23-8-4-7-22(28)24(23)29)11-9-19(10-12-27)32-25(33)20-5-2-3-6-21(20)26(32)34/h2-8,19H,9-18H2,1H3. The molecule has 180 valence electrons. The largest absolute Gasteiger partial charge is 0.368 e. The molecule has 1 saturated heterocycles. The second kappa shape index (κ2) is 9.52. The SMILES string of the molecule is CC1(CCN2CCN(c3cccc(Cl)c3Cl)CC2)CCC(N2C(=O)c3ccccc3C2=O)CC1. The van der Waals surface area contributed by atoms with Gasteiger partial charge >= 0.3 is 0 Å². The van der Waals surface area contributed by atoms with Gasteiger partial charge in [0, 0.05) is 32.2 Å². The summed E-state index contributed by atoms with van der Waals surface area (Å²) in [6.07, 6.45) is 5.01.